The Labute approximate surface area is 195 Å². The molecule has 5 rings (SSSR count). The first-order valence-corrected chi connectivity index (χ1v) is 10.7. The topological polar surface area (TPSA) is 68.5 Å². The van der Waals surface area contributed by atoms with Crippen molar-refractivity contribution in [1.82, 2.24) is 19.9 Å². The average Bonchev–Trinajstić information content (AvgIpc) is 3.32. The van der Waals surface area contributed by atoms with E-state index in [4.69, 9.17) is 9.72 Å². The largest absolute Gasteiger partial charge is 0.497 e. The van der Waals surface area contributed by atoms with Crippen molar-refractivity contribution >= 4 is 11.6 Å². The zero-order valence-corrected chi connectivity index (χ0v) is 18.4. The minimum atomic E-state index is -0.321. The van der Waals surface area contributed by atoms with Crippen molar-refractivity contribution in [1.29, 1.82) is 0 Å². The first-order chi connectivity index (χ1) is 16.6. The van der Waals surface area contributed by atoms with Gasteiger partial charge in [-0.05, 0) is 35.9 Å². The summed E-state index contributed by atoms with van der Waals surface area (Å²) in [6, 6.07) is 26.8. The normalized spacial score (nSPS) is 10.9. The van der Waals surface area contributed by atoms with Crippen molar-refractivity contribution in [2.45, 2.75) is 6.54 Å². The number of aromatic nitrogens is 3. The van der Waals surface area contributed by atoms with E-state index in [9.17, 15) is 9.18 Å². The van der Waals surface area contributed by atoms with E-state index in [1.54, 1.807) is 29.8 Å². The van der Waals surface area contributed by atoms with E-state index >= 15 is 0 Å². The summed E-state index contributed by atoms with van der Waals surface area (Å²) in [4.78, 5) is 18.0. The van der Waals surface area contributed by atoms with Crippen LogP contribution in [-0.2, 0) is 6.54 Å². The fourth-order valence-electron chi connectivity index (χ4n) is 3.69. The second kappa shape index (κ2) is 9.15. The number of fused-ring (bicyclic) bond motifs is 1. The summed E-state index contributed by atoms with van der Waals surface area (Å²) in [6.45, 7) is 0.254. The number of ether oxygens (including phenoxy) is 1. The summed E-state index contributed by atoms with van der Waals surface area (Å²) in [6.07, 6.45) is 0. The van der Waals surface area contributed by atoms with Crippen LogP contribution in [0.4, 0.5) is 4.39 Å². The number of nitrogens with one attached hydrogen (secondary N) is 1. The van der Waals surface area contributed by atoms with Gasteiger partial charge in [0.15, 0.2) is 5.65 Å². The molecule has 0 bridgehead atoms. The molecule has 34 heavy (non-hydrogen) atoms. The number of hydrogen-bond donors (Lipinski definition) is 1. The number of nitrogens with zero attached hydrogens (tertiary/aromatic N) is 3. The van der Waals surface area contributed by atoms with E-state index in [0.29, 0.717) is 28.5 Å². The highest BCUT2D eigenvalue weighted by Crippen LogP contribution is 2.26. The Balaban J connectivity index is 1.57. The third-order valence-electron chi connectivity index (χ3n) is 5.46. The standard InChI is InChI=1S/C27H21FN4O2/c1-34-22-9-5-8-20(14-22)23-15-25(27(33)29-17-18-10-12-21(28)13-11-18)32-26(30-23)16-24(31-32)19-6-3-2-4-7-19/h2-16H,17H2,1H3,(H,29,33). The molecule has 168 valence electrons. The first kappa shape index (κ1) is 21.3. The third kappa shape index (κ3) is 4.36. The SMILES string of the molecule is COc1cccc(-c2cc(C(=O)NCc3ccc(F)cc3)n3nc(-c4ccccc4)cc3n2)c1. The summed E-state index contributed by atoms with van der Waals surface area (Å²) in [7, 11) is 1.60. The predicted octanol–water partition coefficient (Wildman–Crippen LogP) is 5.14. The molecule has 0 unspecified atom stereocenters. The summed E-state index contributed by atoms with van der Waals surface area (Å²) in [5.41, 5.74) is 4.75. The fraction of sp³-hybridized carbons (Fsp3) is 0.0741. The Morgan fingerprint density at radius 1 is 0.912 bits per heavy atom. The molecule has 0 aliphatic carbocycles. The number of carbonyl (C=O) groups is 1. The van der Waals surface area contributed by atoms with Gasteiger partial charge in [0.25, 0.3) is 5.91 Å². The second-order valence-corrected chi connectivity index (χ2v) is 7.73. The van der Waals surface area contributed by atoms with Gasteiger partial charge >= 0.3 is 0 Å². The smallest absolute Gasteiger partial charge is 0.270 e. The van der Waals surface area contributed by atoms with Gasteiger partial charge in [-0.15, -0.1) is 0 Å². The van der Waals surface area contributed by atoms with Gasteiger partial charge in [0.05, 0.1) is 18.5 Å². The van der Waals surface area contributed by atoms with Gasteiger partial charge in [0.2, 0.25) is 0 Å². The number of methoxy groups -OCH3 is 1. The maximum absolute atomic E-state index is 13.3. The van der Waals surface area contributed by atoms with E-state index in [-0.39, 0.29) is 18.3 Å². The monoisotopic (exact) mass is 452 g/mol. The number of amides is 1. The van der Waals surface area contributed by atoms with Crippen molar-refractivity contribution in [3.05, 3.63) is 108 Å². The number of hydrogen-bond acceptors (Lipinski definition) is 4. The molecule has 0 fully saturated rings. The molecule has 3 aromatic carbocycles. The van der Waals surface area contributed by atoms with Crippen molar-refractivity contribution < 1.29 is 13.9 Å². The molecule has 2 heterocycles. The molecule has 7 heteroatoms. The lowest BCUT2D eigenvalue weighted by molar-refractivity contribution is 0.0943. The van der Waals surface area contributed by atoms with Crippen molar-refractivity contribution in [2.24, 2.45) is 0 Å². The molecule has 0 radical (unpaired) electrons. The molecular weight excluding hydrogens is 431 g/mol. The lowest BCUT2D eigenvalue weighted by Gasteiger charge is -2.10. The van der Waals surface area contributed by atoms with Gasteiger partial charge in [0, 0.05) is 23.7 Å². The van der Waals surface area contributed by atoms with E-state index in [2.05, 4.69) is 10.4 Å². The molecular formula is C27H21FN4O2. The molecule has 6 nitrogen and oxygen atoms in total. The van der Waals surface area contributed by atoms with Gasteiger partial charge in [-0.2, -0.15) is 5.10 Å². The number of halogens is 1. The summed E-state index contributed by atoms with van der Waals surface area (Å²) < 4.78 is 20.1. The first-order valence-electron chi connectivity index (χ1n) is 10.7. The Kier molecular flexibility index (Phi) is 5.74. The van der Waals surface area contributed by atoms with Crippen LogP contribution in [-0.4, -0.2) is 27.6 Å². The van der Waals surface area contributed by atoms with Crippen molar-refractivity contribution in [3.8, 4) is 28.3 Å². The zero-order valence-electron chi connectivity index (χ0n) is 18.4. The Hall–Kier alpha value is -4.52. The predicted molar refractivity (Wildman–Crippen MR) is 128 cm³/mol. The number of carbonyl (C=O) groups excluding carboxylic acids is 1. The van der Waals surface area contributed by atoms with Gasteiger partial charge < -0.3 is 10.1 Å². The fourth-order valence-corrected chi connectivity index (χ4v) is 3.69. The molecule has 1 N–H and O–H groups in total. The van der Waals surface area contributed by atoms with E-state index in [0.717, 1.165) is 16.7 Å². The average molecular weight is 452 g/mol. The number of rotatable bonds is 6. The molecule has 0 aliphatic heterocycles. The lowest BCUT2D eigenvalue weighted by atomic mass is 10.1. The maximum Gasteiger partial charge on any atom is 0.270 e. The molecule has 2 aromatic heterocycles. The van der Waals surface area contributed by atoms with Crippen LogP contribution in [0.5, 0.6) is 5.75 Å². The Morgan fingerprint density at radius 3 is 2.44 bits per heavy atom. The van der Waals surface area contributed by atoms with Gasteiger partial charge in [-0.1, -0.05) is 54.6 Å². The molecule has 0 aliphatic rings. The van der Waals surface area contributed by atoms with E-state index in [1.807, 2.05) is 60.7 Å². The summed E-state index contributed by atoms with van der Waals surface area (Å²) >= 11 is 0. The highest BCUT2D eigenvalue weighted by Gasteiger charge is 2.17. The van der Waals surface area contributed by atoms with Crippen LogP contribution in [0.2, 0.25) is 0 Å². The van der Waals surface area contributed by atoms with Crippen LogP contribution < -0.4 is 10.1 Å². The Morgan fingerprint density at radius 2 is 1.68 bits per heavy atom. The quantitative estimate of drug-likeness (QED) is 0.387. The Bertz CT molecular complexity index is 1460. The molecule has 5 aromatic rings. The van der Waals surface area contributed by atoms with Crippen LogP contribution in [0.15, 0.2) is 91.0 Å². The molecule has 0 spiro atoms. The van der Waals surface area contributed by atoms with E-state index in [1.165, 1.54) is 12.1 Å². The zero-order chi connectivity index (χ0) is 23.5. The van der Waals surface area contributed by atoms with Crippen LogP contribution in [0.1, 0.15) is 16.1 Å². The summed E-state index contributed by atoms with van der Waals surface area (Å²) in [5.74, 6) is 0.0578. The highest BCUT2D eigenvalue weighted by atomic mass is 19.1. The van der Waals surface area contributed by atoms with Crippen LogP contribution in [0, 0.1) is 5.82 Å². The molecule has 0 atom stereocenters. The van der Waals surface area contributed by atoms with Crippen LogP contribution >= 0.6 is 0 Å². The van der Waals surface area contributed by atoms with Crippen LogP contribution in [0.25, 0.3) is 28.2 Å². The second-order valence-electron chi connectivity index (χ2n) is 7.73. The van der Waals surface area contributed by atoms with Crippen molar-refractivity contribution in [2.75, 3.05) is 7.11 Å². The maximum atomic E-state index is 13.3. The van der Waals surface area contributed by atoms with E-state index < -0.39 is 0 Å². The van der Waals surface area contributed by atoms with Gasteiger partial charge in [0.1, 0.15) is 17.3 Å². The van der Waals surface area contributed by atoms with Gasteiger partial charge in [-0.25, -0.2) is 13.9 Å². The summed E-state index contributed by atoms with van der Waals surface area (Å²) in [5, 5.41) is 7.56. The van der Waals surface area contributed by atoms with Gasteiger partial charge in [-0.3, -0.25) is 4.79 Å². The minimum absolute atomic E-state index is 0.254. The molecule has 1 amide bonds. The number of benzene rings is 3. The highest BCUT2D eigenvalue weighted by molar-refractivity contribution is 5.94. The molecule has 0 saturated carbocycles. The van der Waals surface area contributed by atoms with Crippen LogP contribution in [0.3, 0.4) is 0 Å². The molecule has 0 saturated heterocycles. The lowest BCUT2D eigenvalue weighted by Crippen LogP contribution is -2.25. The minimum Gasteiger partial charge on any atom is -0.497 e. The van der Waals surface area contributed by atoms with Crippen molar-refractivity contribution in [3.63, 3.8) is 0 Å². The third-order valence-corrected chi connectivity index (χ3v) is 5.46.